The smallest absolute Gasteiger partial charge is 0.239 e. The molecule has 0 spiro atoms. The van der Waals surface area contributed by atoms with E-state index in [9.17, 15) is 12.8 Å². The summed E-state index contributed by atoms with van der Waals surface area (Å²) < 4.78 is 38.9. The van der Waals surface area contributed by atoms with Crippen LogP contribution in [0.2, 0.25) is 0 Å². The number of hydrogen-bond acceptors (Lipinski definition) is 3. The summed E-state index contributed by atoms with van der Waals surface area (Å²) in [6.07, 6.45) is 0.330. The van der Waals surface area contributed by atoms with Crippen molar-refractivity contribution in [2.45, 2.75) is 12.2 Å². The molecule has 0 atom stereocenters. The van der Waals surface area contributed by atoms with Gasteiger partial charge in [0.25, 0.3) is 0 Å². The molecular formula is C10H11BrFNO3S. The van der Waals surface area contributed by atoms with Gasteiger partial charge in [-0.3, -0.25) is 4.31 Å². The second-order valence-corrected chi connectivity index (χ2v) is 6.51. The quantitative estimate of drug-likeness (QED) is 0.919. The molecule has 2 rings (SSSR count). The maximum Gasteiger partial charge on any atom is 0.239 e. The van der Waals surface area contributed by atoms with Gasteiger partial charge in [0.1, 0.15) is 5.82 Å². The molecule has 0 bridgehead atoms. The average molecular weight is 324 g/mol. The monoisotopic (exact) mass is 323 g/mol. The SMILES string of the molecule is O=S1(=O)Cc2c(ccc(Br)c2F)N1CCCO. The molecule has 0 radical (unpaired) electrons. The molecule has 1 aliphatic rings. The first-order chi connectivity index (χ1) is 7.97. The van der Waals surface area contributed by atoms with Crippen LogP contribution < -0.4 is 4.31 Å². The van der Waals surface area contributed by atoms with Crippen LogP contribution in [0, 0.1) is 5.82 Å². The zero-order valence-corrected chi connectivity index (χ0v) is 11.3. The number of nitrogens with zero attached hydrogens (tertiary/aromatic N) is 1. The number of benzene rings is 1. The summed E-state index contributed by atoms with van der Waals surface area (Å²) in [6.45, 7) is 0.0767. The third kappa shape index (κ3) is 2.19. The highest BCUT2D eigenvalue weighted by molar-refractivity contribution is 9.10. The third-order valence-electron chi connectivity index (χ3n) is 2.62. The van der Waals surface area contributed by atoms with Crippen molar-refractivity contribution in [1.82, 2.24) is 0 Å². The van der Waals surface area contributed by atoms with Crippen LogP contribution in [0.1, 0.15) is 12.0 Å². The van der Waals surface area contributed by atoms with Crippen LogP contribution in [0.4, 0.5) is 10.1 Å². The number of aliphatic hydroxyl groups is 1. The van der Waals surface area contributed by atoms with Gasteiger partial charge in [-0.15, -0.1) is 0 Å². The molecule has 94 valence electrons. The van der Waals surface area contributed by atoms with Crippen molar-refractivity contribution in [3.63, 3.8) is 0 Å². The summed E-state index contributed by atoms with van der Waals surface area (Å²) in [4.78, 5) is 0. The summed E-state index contributed by atoms with van der Waals surface area (Å²) in [5.41, 5.74) is 0.566. The van der Waals surface area contributed by atoms with E-state index in [0.29, 0.717) is 12.1 Å². The van der Waals surface area contributed by atoms with Crippen molar-refractivity contribution < 1.29 is 17.9 Å². The van der Waals surface area contributed by atoms with Gasteiger partial charge in [0, 0.05) is 18.7 Å². The minimum atomic E-state index is -3.50. The number of aliphatic hydroxyl groups excluding tert-OH is 1. The second-order valence-electron chi connectivity index (χ2n) is 3.76. The van der Waals surface area contributed by atoms with Crippen molar-refractivity contribution in [1.29, 1.82) is 0 Å². The van der Waals surface area contributed by atoms with Crippen LogP contribution in [0.15, 0.2) is 16.6 Å². The highest BCUT2D eigenvalue weighted by Gasteiger charge is 2.35. The molecule has 1 aromatic rings. The Morgan fingerprint density at radius 2 is 2.18 bits per heavy atom. The van der Waals surface area contributed by atoms with Crippen molar-refractivity contribution in [3.8, 4) is 0 Å². The van der Waals surface area contributed by atoms with E-state index < -0.39 is 15.8 Å². The fourth-order valence-corrected chi connectivity index (χ4v) is 3.88. The van der Waals surface area contributed by atoms with Crippen LogP contribution in [0.25, 0.3) is 0 Å². The van der Waals surface area contributed by atoms with E-state index in [0.717, 1.165) is 4.31 Å². The molecule has 7 heteroatoms. The van der Waals surface area contributed by atoms with Crippen molar-refractivity contribution >= 4 is 31.6 Å². The van der Waals surface area contributed by atoms with Gasteiger partial charge in [-0.05, 0) is 34.5 Å². The number of sulfonamides is 1. The summed E-state index contributed by atoms with van der Waals surface area (Å²) in [7, 11) is -3.50. The molecule has 0 saturated carbocycles. The predicted molar refractivity (Wildman–Crippen MR) is 65.8 cm³/mol. The molecule has 0 unspecified atom stereocenters. The molecule has 1 aromatic carbocycles. The summed E-state index contributed by atoms with van der Waals surface area (Å²) in [5, 5.41) is 8.74. The second kappa shape index (κ2) is 4.55. The fraction of sp³-hybridized carbons (Fsp3) is 0.400. The van der Waals surface area contributed by atoms with Gasteiger partial charge in [-0.1, -0.05) is 0 Å². The van der Waals surface area contributed by atoms with Gasteiger partial charge in [-0.25, -0.2) is 12.8 Å². The highest BCUT2D eigenvalue weighted by atomic mass is 79.9. The Bertz CT molecular complexity index is 547. The Morgan fingerprint density at radius 1 is 1.47 bits per heavy atom. The summed E-state index contributed by atoms with van der Waals surface area (Å²) in [6, 6.07) is 3.06. The van der Waals surface area contributed by atoms with Crippen LogP contribution in [-0.4, -0.2) is 26.7 Å². The van der Waals surface area contributed by atoms with Crippen molar-refractivity contribution in [2.24, 2.45) is 0 Å². The maximum absolute atomic E-state index is 13.8. The van der Waals surface area contributed by atoms with Crippen molar-refractivity contribution in [2.75, 3.05) is 17.5 Å². The Labute approximate surface area is 107 Å². The first-order valence-electron chi connectivity index (χ1n) is 5.05. The van der Waals surface area contributed by atoms with Crippen LogP contribution in [0.3, 0.4) is 0 Å². The lowest BCUT2D eigenvalue weighted by molar-refractivity contribution is 0.291. The maximum atomic E-state index is 13.8. The van der Waals surface area contributed by atoms with E-state index in [1.807, 2.05) is 0 Å². The van der Waals surface area contributed by atoms with E-state index in [1.54, 1.807) is 6.07 Å². The molecule has 0 aliphatic carbocycles. The van der Waals surface area contributed by atoms with Gasteiger partial charge in [0.05, 0.1) is 15.9 Å². The zero-order valence-electron chi connectivity index (χ0n) is 8.86. The van der Waals surface area contributed by atoms with Gasteiger partial charge in [-0.2, -0.15) is 0 Å². The third-order valence-corrected chi connectivity index (χ3v) is 4.94. The van der Waals surface area contributed by atoms with Crippen LogP contribution in [-0.2, 0) is 15.8 Å². The van der Waals surface area contributed by atoms with Gasteiger partial charge >= 0.3 is 0 Å². The van der Waals surface area contributed by atoms with Crippen LogP contribution >= 0.6 is 15.9 Å². The number of halogens is 2. The Kier molecular flexibility index (Phi) is 3.42. The lowest BCUT2D eigenvalue weighted by Crippen LogP contribution is -2.28. The highest BCUT2D eigenvalue weighted by Crippen LogP contribution is 2.37. The molecule has 17 heavy (non-hydrogen) atoms. The number of rotatable bonds is 3. The topological polar surface area (TPSA) is 57.6 Å². The Morgan fingerprint density at radius 3 is 2.82 bits per heavy atom. The average Bonchev–Trinajstić information content (AvgIpc) is 2.53. The Hall–Kier alpha value is -0.660. The summed E-state index contributed by atoms with van der Waals surface area (Å²) >= 11 is 3.03. The lowest BCUT2D eigenvalue weighted by Gasteiger charge is -2.17. The van der Waals surface area contributed by atoms with E-state index in [4.69, 9.17) is 5.11 Å². The molecule has 1 aliphatic heterocycles. The largest absolute Gasteiger partial charge is 0.396 e. The molecule has 0 saturated heterocycles. The summed E-state index contributed by atoms with van der Waals surface area (Å²) in [5.74, 6) is -0.850. The minimum Gasteiger partial charge on any atom is -0.396 e. The number of anilines is 1. The first-order valence-corrected chi connectivity index (χ1v) is 7.46. The van der Waals surface area contributed by atoms with Gasteiger partial charge < -0.3 is 5.11 Å². The molecule has 0 fully saturated rings. The molecule has 0 amide bonds. The number of hydrogen-bond donors (Lipinski definition) is 1. The van der Waals surface area contributed by atoms with Crippen LogP contribution in [0.5, 0.6) is 0 Å². The molecule has 1 heterocycles. The standard InChI is InChI=1S/C10H11BrFNO3S/c11-8-2-3-9-7(10(8)12)6-17(15,16)13(9)4-1-5-14/h2-3,14H,1,4-6H2. The fourth-order valence-electron chi connectivity index (χ4n) is 1.84. The minimum absolute atomic E-state index is 0.0969. The molecule has 1 N–H and O–H groups in total. The van der Waals surface area contributed by atoms with Gasteiger partial charge in [0.2, 0.25) is 10.0 Å². The van der Waals surface area contributed by atoms with Crippen molar-refractivity contribution in [3.05, 3.63) is 28.0 Å². The predicted octanol–water partition coefficient (Wildman–Crippen LogP) is 1.62. The van der Waals surface area contributed by atoms with E-state index in [1.165, 1.54) is 6.07 Å². The lowest BCUT2D eigenvalue weighted by atomic mass is 10.2. The van der Waals surface area contributed by atoms with E-state index in [2.05, 4.69) is 15.9 Å². The van der Waals surface area contributed by atoms with Gasteiger partial charge in [0.15, 0.2) is 0 Å². The Balaban J connectivity index is 2.47. The molecule has 0 aromatic heterocycles. The molecular weight excluding hydrogens is 313 g/mol. The zero-order chi connectivity index (χ0) is 12.6. The molecule has 4 nitrogen and oxygen atoms in total. The first kappa shape index (κ1) is 12.8. The normalized spacial score (nSPS) is 17.2. The van der Waals surface area contributed by atoms with E-state index >= 15 is 0 Å². The van der Waals surface area contributed by atoms with E-state index in [-0.39, 0.29) is 28.9 Å². The number of fused-ring (bicyclic) bond motifs is 1.